The molecule has 0 radical (unpaired) electrons. The van der Waals surface area contributed by atoms with Gasteiger partial charge in [-0.3, -0.25) is 15.0 Å². The summed E-state index contributed by atoms with van der Waals surface area (Å²) < 4.78 is 0. The van der Waals surface area contributed by atoms with Crippen molar-refractivity contribution in [2.75, 3.05) is 0 Å². The summed E-state index contributed by atoms with van der Waals surface area (Å²) >= 11 is 0. The quantitative estimate of drug-likeness (QED) is 0.208. The maximum absolute atomic E-state index is 4.94. The Morgan fingerprint density at radius 1 is 0.489 bits per heavy atom. The Morgan fingerprint density at radius 3 is 1.93 bits per heavy atom. The minimum absolute atomic E-state index is 0.000176. The predicted molar refractivity (Wildman–Crippen MR) is 184 cm³/mol. The first kappa shape index (κ1) is 27.2. The van der Waals surface area contributed by atoms with Crippen LogP contribution < -0.4 is 0 Å². The second-order valence-corrected chi connectivity index (χ2v) is 12.9. The van der Waals surface area contributed by atoms with E-state index < -0.39 is 5.41 Å². The molecule has 0 spiro atoms. The molecule has 0 aliphatic heterocycles. The molecule has 1 aliphatic carbocycles. The lowest BCUT2D eigenvalue weighted by Crippen LogP contribution is -2.28. The van der Waals surface area contributed by atoms with E-state index in [0.29, 0.717) is 0 Å². The molecule has 0 bridgehead atoms. The molecule has 7 aromatic rings. The molecule has 216 valence electrons. The highest BCUT2D eigenvalue weighted by Crippen LogP contribution is 2.57. The van der Waals surface area contributed by atoms with Crippen LogP contribution in [0.15, 0.2) is 146 Å². The maximum Gasteiger partial charge on any atom is 0.0714 e. The number of fused-ring (bicyclic) bond motifs is 4. The lowest BCUT2D eigenvalue weighted by atomic mass is 9.67. The summed E-state index contributed by atoms with van der Waals surface area (Å²) in [4.78, 5) is 14.6. The van der Waals surface area contributed by atoms with E-state index in [-0.39, 0.29) is 5.41 Å². The Labute approximate surface area is 264 Å². The van der Waals surface area contributed by atoms with Crippen LogP contribution >= 0.6 is 0 Å². The molecule has 0 N–H and O–H groups in total. The van der Waals surface area contributed by atoms with Crippen LogP contribution in [0.2, 0.25) is 0 Å². The van der Waals surface area contributed by atoms with Crippen LogP contribution in [0.25, 0.3) is 44.5 Å². The molecular formula is C42H33N3. The molecule has 0 atom stereocenters. The molecule has 1 aliphatic rings. The number of hydrogen-bond acceptors (Lipinski definition) is 3. The third kappa shape index (κ3) is 4.30. The number of hydrogen-bond donors (Lipinski definition) is 0. The van der Waals surface area contributed by atoms with Crippen molar-refractivity contribution in [2.24, 2.45) is 0 Å². The monoisotopic (exact) mass is 579 g/mol. The van der Waals surface area contributed by atoms with Crippen molar-refractivity contribution < 1.29 is 0 Å². The van der Waals surface area contributed by atoms with Crippen LogP contribution in [0.5, 0.6) is 0 Å². The fourth-order valence-corrected chi connectivity index (χ4v) is 7.12. The number of aromatic nitrogens is 3. The molecule has 0 saturated heterocycles. The largest absolute Gasteiger partial charge is 0.256 e. The van der Waals surface area contributed by atoms with E-state index in [1.165, 1.54) is 38.9 Å². The van der Waals surface area contributed by atoms with E-state index in [9.17, 15) is 0 Å². The minimum atomic E-state index is -0.583. The summed E-state index contributed by atoms with van der Waals surface area (Å²) in [5, 5.41) is 1.09. The summed E-state index contributed by atoms with van der Waals surface area (Å²) in [6.07, 6.45) is 5.69. The highest BCUT2D eigenvalue weighted by Gasteiger charge is 2.46. The zero-order chi connectivity index (χ0) is 30.6. The first-order valence-corrected chi connectivity index (χ1v) is 15.5. The number of pyridine rings is 3. The van der Waals surface area contributed by atoms with Gasteiger partial charge in [0.15, 0.2) is 0 Å². The molecule has 45 heavy (non-hydrogen) atoms. The van der Waals surface area contributed by atoms with Crippen LogP contribution in [0.4, 0.5) is 0 Å². The molecule has 0 amide bonds. The van der Waals surface area contributed by atoms with Crippen LogP contribution in [0.1, 0.15) is 48.6 Å². The standard InChI is InChI=1S/C42H33N3/c1-41(2,3)29-20-23-45-40(26-29)35-25-31(27-39-34(35)16-11-22-44-39)42(30-13-10-12-28(24-30)38-19-8-9-21-43-38)36-17-6-4-14-32(36)33-15-5-7-18-37(33)42/h4-27H,1-3H3. The Balaban J connectivity index is 1.49. The molecule has 3 nitrogen and oxygen atoms in total. The van der Waals surface area contributed by atoms with Crippen molar-refractivity contribution in [3.05, 3.63) is 174 Å². The average Bonchev–Trinajstić information content (AvgIpc) is 3.39. The fraction of sp³-hybridized carbons (Fsp3) is 0.119. The fourth-order valence-electron chi connectivity index (χ4n) is 7.12. The van der Waals surface area contributed by atoms with Gasteiger partial charge in [0.1, 0.15) is 0 Å². The topological polar surface area (TPSA) is 38.7 Å². The number of benzene rings is 4. The van der Waals surface area contributed by atoms with Gasteiger partial charge in [-0.25, -0.2) is 0 Å². The molecule has 8 rings (SSSR count). The Hall–Kier alpha value is -5.41. The normalized spacial score (nSPS) is 13.4. The molecule has 3 aromatic heterocycles. The lowest BCUT2D eigenvalue weighted by molar-refractivity contribution is 0.589. The molecule has 0 unspecified atom stereocenters. The van der Waals surface area contributed by atoms with E-state index in [4.69, 9.17) is 15.0 Å². The van der Waals surface area contributed by atoms with Crippen molar-refractivity contribution in [1.29, 1.82) is 0 Å². The SMILES string of the molecule is CC(C)(C)c1ccnc(-c2cc(C3(c4cccc(-c5ccccn5)c4)c4ccccc4-c4ccccc43)cc3ncccc23)c1. The average molecular weight is 580 g/mol. The van der Waals surface area contributed by atoms with Gasteiger partial charge in [-0.2, -0.15) is 0 Å². The van der Waals surface area contributed by atoms with Gasteiger partial charge in [0.05, 0.1) is 22.3 Å². The van der Waals surface area contributed by atoms with E-state index in [1.54, 1.807) is 0 Å². The Morgan fingerprint density at radius 2 is 1.20 bits per heavy atom. The summed E-state index contributed by atoms with van der Waals surface area (Å²) in [7, 11) is 0. The minimum Gasteiger partial charge on any atom is -0.256 e. The number of nitrogens with zero attached hydrogens (tertiary/aromatic N) is 3. The summed E-state index contributed by atoms with van der Waals surface area (Å²) in [6.45, 7) is 6.74. The predicted octanol–water partition coefficient (Wildman–Crippen LogP) is 10.0. The molecular weight excluding hydrogens is 546 g/mol. The third-order valence-electron chi connectivity index (χ3n) is 9.26. The molecule has 4 aromatic carbocycles. The zero-order valence-corrected chi connectivity index (χ0v) is 25.7. The Bertz CT molecular complexity index is 2160. The van der Waals surface area contributed by atoms with Crippen molar-refractivity contribution in [1.82, 2.24) is 15.0 Å². The first-order valence-electron chi connectivity index (χ1n) is 15.5. The van der Waals surface area contributed by atoms with E-state index >= 15 is 0 Å². The lowest BCUT2D eigenvalue weighted by Gasteiger charge is -2.34. The summed E-state index contributed by atoms with van der Waals surface area (Å²) in [6, 6.07) is 45.9. The van der Waals surface area contributed by atoms with Crippen molar-refractivity contribution in [2.45, 2.75) is 31.6 Å². The van der Waals surface area contributed by atoms with Gasteiger partial charge in [-0.15, -0.1) is 0 Å². The number of rotatable bonds is 4. The van der Waals surface area contributed by atoms with Crippen molar-refractivity contribution in [3.63, 3.8) is 0 Å². The van der Waals surface area contributed by atoms with Gasteiger partial charge in [0.2, 0.25) is 0 Å². The molecule has 0 fully saturated rings. The highest BCUT2D eigenvalue weighted by atomic mass is 14.7. The van der Waals surface area contributed by atoms with Crippen LogP contribution in [-0.2, 0) is 10.8 Å². The second-order valence-electron chi connectivity index (χ2n) is 12.9. The molecule has 3 heteroatoms. The highest BCUT2D eigenvalue weighted by molar-refractivity contribution is 5.96. The zero-order valence-electron chi connectivity index (χ0n) is 25.7. The van der Waals surface area contributed by atoms with Crippen molar-refractivity contribution >= 4 is 10.9 Å². The van der Waals surface area contributed by atoms with Crippen LogP contribution in [-0.4, -0.2) is 15.0 Å². The first-order chi connectivity index (χ1) is 21.9. The van der Waals surface area contributed by atoms with E-state index in [1.807, 2.05) is 36.8 Å². The van der Waals surface area contributed by atoms with Gasteiger partial charge in [0, 0.05) is 35.1 Å². The summed E-state index contributed by atoms with van der Waals surface area (Å²) in [5.41, 5.74) is 13.1. The third-order valence-corrected chi connectivity index (χ3v) is 9.26. The van der Waals surface area contributed by atoms with Gasteiger partial charge < -0.3 is 0 Å². The second kappa shape index (κ2) is 10.3. The Kier molecular flexibility index (Phi) is 6.25. The smallest absolute Gasteiger partial charge is 0.0714 e. The van der Waals surface area contributed by atoms with Crippen molar-refractivity contribution in [3.8, 4) is 33.6 Å². The maximum atomic E-state index is 4.94. The van der Waals surface area contributed by atoms with Gasteiger partial charge in [-0.1, -0.05) is 99.6 Å². The van der Waals surface area contributed by atoms with Gasteiger partial charge in [0.25, 0.3) is 0 Å². The van der Waals surface area contributed by atoms with Gasteiger partial charge >= 0.3 is 0 Å². The van der Waals surface area contributed by atoms with Crippen LogP contribution in [0.3, 0.4) is 0 Å². The van der Waals surface area contributed by atoms with E-state index in [0.717, 1.165) is 33.4 Å². The summed E-state index contributed by atoms with van der Waals surface area (Å²) in [5.74, 6) is 0. The van der Waals surface area contributed by atoms with Crippen LogP contribution in [0, 0.1) is 0 Å². The molecule has 3 heterocycles. The molecule has 0 saturated carbocycles. The van der Waals surface area contributed by atoms with E-state index in [2.05, 4.69) is 130 Å². The van der Waals surface area contributed by atoms with Gasteiger partial charge in [-0.05, 0) is 92.9 Å².